The number of nitrogens with zero attached hydrogens (tertiary/aromatic N) is 1. The highest BCUT2D eigenvalue weighted by molar-refractivity contribution is 5.50. The number of isocyanates is 1. The third kappa shape index (κ3) is 1.43. The lowest BCUT2D eigenvalue weighted by molar-refractivity contribution is 0.442. The van der Waals surface area contributed by atoms with E-state index in [0.717, 1.165) is 0 Å². The molecule has 1 N–H and O–H groups in total. The molecule has 0 heterocycles. The minimum atomic E-state index is -0.859. The Labute approximate surface area is 86.3 Å². The summed E-state index contributed by atoms with van der Waals surface area (Å²) in [6.07, 6.45) is 2.60. The molecule has 1 aliphatic rings. The fourth-order valence-corrected chi connectivity index (χ4v) is 1.74. The summed E-state index contributed by atoms with van der Waals surface area (Å²) in [7, 11) is 0. The Morgan fingerprint density at radius 3 is 2.73 bits per heavy atom. The lowest BCUT2D eigenvalue weighted by atomic mass is 10.0. The summed E-state index contributed by atoms with van der Waals surface area (Å²) in [4.78, 5) is 13.8. The summed E-state index contributed by atoms with van der Waals surface area (Å²) in [6.45, 7) is 1.68. The average Bonchev–Trinajstić information content (AvgIpc) is 2.94. The minimum absolute atomic E-state index is 0.105. The Kier molecular flexibility index (Phi) is 2.09. The normalized spacial score (nSPS) is 16.9. The van der Waals surface area contributed by atoms with Gasteiger partial charge in [0.05, 0.1) is 5.56 Å². The van der Waals surface area contributed by atoms with Crippen LogP contribution in [0.25, 0.3) is 0 Å². The lowest BCUT2D eigenvalue weighted by Gasteiger charge is -2.13. The van der Waals surface area contributed by atoms with Crippen molar-refractivity contribution in [2.75, 3.05) is 0 Å². The summed E-state index contributed by atoms with van der Waals surface area (Å²) >= 11 is 0. The van der Waals surface area contributed by atoms with Crippen LogP contribution in [-0.2, 0) is 10.3 Å². The molecule has 2 rings (SSSR count). The van der Waals surface area contributed by atoms with Crippen molar-refractivity contribution in [1.29, 1.82) is 0 Å². The maximum atomic E-state index is 13.5. The number of phenolic OH excluding ortho intramolecular Hbond substituents is 1. The topological polar surface area (TPSA) is 49.7 Å². The number of hydrogen-bond acceptors (Lipinski definition) is 3. The molecule has 1 aliphatic carbocycles. The second-order valence-electron chi connectivity index (χ2n) is 3.82. The summed E-state index contributed by atoms with van der Waals surface area (Å²) in [6, 6.07) is 2.78. The van der Waals surface area contributed by atoms with E-state index >= 15 is 0 Å². The van der Waals surface area contributed by atoms with Gasteiger partial charge in [0.1, 0.15) is 17.1 Å². The van der Waals surface area contributed by atoms with Crippen LogP contribution in [0.15, 0.2) is 17.1 Å². The second kappa shape index (κ2) is 3.17. The van der Waals surface area contributed by atoms with Crippen LogP contribution in [0.1, 0.15) is 24.0 Å². The monoisotopic (exact) mass is 207 g/mol. The summed E-state index contributed by atoms with van der Waals surface area (Å²) in [5, 5.41) is 9.75. The van der Waals surface area contributed by atoms with Gasteiger partial charge in [0.25, 0.3) is 0 Å². The SMILES string of the molecule is Cc1ccc(F)c(C2(N=C=O)CC2)c1O. The van der Waals surface area contributed by atoms with Gasteiger partial charge in [0.2, 0.25) is 6.08 Å². The molecule has 15 heavy (non-hydrogen) atoms. The van der Waals surface area contributed by atoms with Gasteiger partial charge in [-0.1, -0.05) is 6.07 Å². The number of phenols is 1. The molecule has 0 unspecified atom stereocenters. The quantitative estimate of drug-likeness (QED) is 0.596. The first-order valence-corrected chi connectivity index (χ1v) is 4.68. The number of rotatable bonds is 2. The van der Waals surface area contributed by atoms with E-state index in [9.17, 15) is 14.3 Å². The number of carbonyl (C=O) groups excluding carboxylic acids is 1. The number of aryl methyl sites for hydroxylation is 1. The predicted molar refractivity (Wildman–Crippen MR) is 51.8 cm³/mol. The lowest BCUT2D eigenvalue weighted by Crippen LogP contribution is -2.06. The first kappa shape index (κ1) is 9.87. The Bertz CT molecular complexity index is 460. The Balaban J connectivity index is 2.62. The molecule has 1 aromatic rings. The van der Waals surface area contributed by atoms with Crippen LogP contribution in [0.4, 0.5) is 4.39 Å². The van der Waals surface area contributed by atoms with E-state index in [1.807, 2.05) is 0 Å². The zero-order valence-electron chi connectivity index (χ0n) is 8.25. The number of hydrogen-bond donors (Lipinski definition) is 1. The molecule has 0 saturated heterocycles. The van der Waals surface area contributed by atoms with Crippen LogP contribution >= 0.6 is 0 Å². The Morgan fingerprint density at radius 1 is 1.53 bits per heavy atom. The minimum Gasteiger partial charge on any atom is -0.507 e. The number of halogens is 1. The molecule has 0 aliphatic heterocycles. The first-order chi connectivity index (χ1) is 7.10. The maximum absolute atomic E-state index is 13.5. The largest absolute Gasteiger partial charge is 0.507 e. The zero-order valence-corrected chi connectivity index (χ0v) is 8.25. The third-order valence-electron chi connectivity index (χ3n) is 2.78. The molecule has 0 atom stereocenters. The number of aromatic hydroxyl groups is 1. The van der Waals surface area contributed by atoms with Crippen LogP contribution in [0.5, 0.6) is 5.75 Å². The highest BCUT2D eigenvalue weighted by atomic mass is 19.1. The van der Waals surface area contributed by atoms with E-state index in [1.165, 1.54) is 18.2 Å². The van der Waals surface area contributed by atoms with Crippen LogP contribution < -0.4 is 0 Å². The Morgan fingerprint density at radius 2 is 2.20 bits per heavy atom. The molecule has 1 fully saturated rings. The van der Waals surface area contributed by atoms with Crippen molar-refractivity contribution < 1.29 is 14.3 Å². The van der Waals surface area contributed by atoms with Crippen molar-refractivity contribution in [3.63, 3.8) is 0 Å². The van der Waals surface area contributed by atoms with E-state index in [0.29, 0.717) is 18.4 Å². The maximum Gasteiger partial charge on any atom is 0.235 e. The van der Waals surface area contributed by atoms with E-state index < -0.39 is 11.4 Å². The fourth-order valence-electron chi connectivity index (χ4n) is 1.74. The molecule has 0 spiro atoms. The summed E-state index contributed by atoms with van der Waals surface area (Å²) in [5.41, 5.74) is -0.147. The zero-order chi connectivity index (χ0) is 11.1. The van der Waals surface area contributed by atoms with E-state index in [1.54, 1.807) is 6.92 Å². The van der Waals surface area contributed by atoms with Crippen molar-refractivity contribution >= 4 is 6.08 Å². The van der Waals surface area contributed by atoms with Crippen molar-refractivity contribution in [3.8, 4) is 5.75 Å². The standard InChI is InChI=1S/C11H10FNO2/c1-7-2-3-8(12)9(10(7)15)11(4-5-11)13-6-14/h2-3,15H,4-5H2,1H3. The van der Waals surface area contributed by atoms with Gasteiger partial charge in [-0.25, -0.2) is 9.18 Å². The van der Waals surface area contributed by atoms with Crippen LogP contribution in [-0.4, -0.2) is 11.2 Å². The molecule has 0 aromatic heterocycles. The van der Waals surface area contributed by atoms with Gasteiger partial charge in [-0.05, 0) is 31.4 Å². The highest BCUT2D eigenvalue weighted by Gasteiger charge is 2.48. The van der Waals surface area contributed by atoms with Crippen LogP contribution in [0, 0.1) is 12.7 Å². The first-order valence-electron chi connectivity index (χ1n) is 4.68. The molecule has 0 bridgehead atoms. The van der Waals surface area contributed by atoms with E-state index in [-0.39, 0.29) is 11.3 Å². The Hall–Kier alpha value is -1.67. The molecule has 0 radical (unpaired) electrons. The molecule has 78 valence electrons. The molecule has 1 saturated carbocycles. The van der Waals surface area contributed by atoms with Crippen molar-refractivity contribution in [3.05, 3.63) is 29.1 Å². The van der Waals surface area contributed by atoms with Crippen LogP contribution in [0.3, 0.4) is 0 Å². The predicted octanol–water partition coefficient (Wildman–Crippen LogP) is 2.16. The van der Waals surface area contributed by atoms with Crippen molar-refractivity contribution in [2.45, 2.75) is 25.3 Å². The van der Waals surface area contributed by atoms with Gasteiger partial charge < -0.3 is 5.11 Å². The van der Waals surface area contributed by atoms with Crippen molar-refractivity contribution in [2.24, 2.45) is 4.99 Å². The van der Waals surface area contributed by atoms with Gasteiger partial charge in [0.15, 0.2) is 0 Å². The molecular formula is C11H10FNO2. The summed E-state index contributed by atoms with van der Waals surface area (Å²) in [5.74, 6) is -0.624. The average molecular weight is 207 g/mol. The van der Waals surface area contributed by atoms with Gasteiger partial charge in [-0.15, -0.1) is 0 Å². The number of aliphatic imine (C=N–C) groups is 1. The smallest absolute Gasteiger partial charge is 0.235 e. The van der Waals surface area contributed by atoms with Gasteiger partial charge in [0, 0.05) is 0 Å². The van der Waals surface area contributed by atoms with Gasteiger partial charge >= 0.3 is 0 Å². The molecule has 4 heteroatoms. The number of benzene rings is 1. The molecule has 1 aromatic carbocycles. The van der Waals surface area contributed by atoms with Gasteiger partial charge in [-0.3, -0.25) is 0 Å². The molecule has 3 nitrogen and oxygen atoms in total. The highest BCUT2D eigenvalue weighted by Crippen LogP contribution is 2.53. The third-order valence-corrected chi connectivity index (χ3v) is 2.78. The van der Waals surface area contributed by atoms with Crippen LogP contribution in [0.2, 0.25) is 0 Å². The van der Waals surface area contributed by atoms with E-state index in [4.69, 9.17) is 0 Å². The molecular weight excluding hydrogens is 197 g/mol. The fraction of sp³-hybridized carbons (Fsp3) is 0.364. The summed E-state index contributed by atoms with van der Waals surface area (Å²) < 4.78 is 13.5. The van der Waals surface area contributed by atoms with Gasteiger partial charge in [-0.2, -0.15) is 4.99 Å². The molecule has 0 amide bonds. The van der Waals surface area contributed by atoms with Crippen molar-refractivity contribution in [1.82, 2.24) is 0 Å². The second-order valence-corrected chi connectivity index (χ2v) is 3.82. The van der Waals surface area contributed by atoms with E-state index in [2.05, 4.69) is 4.99 Å².